The van der Waals surface area contributed by atoms with Crippen LogP contribution < -0.4 is 15.7 Å². The molecule has 0 bridgehead atoms. The molecule has 3 aromatic carbocycles. The summed E-state index contributed by atoms with van der Waals surface area (Å²) in [5.74, 6) is -0.969. The minimum atomic E-state index is -4.47. The molecule has 0 radical (unpaired) electrons. The number of sulfone groups is 1. The SMILES string of the molecule is CC1(NC(=O)c2ccc3c(c2)n(S(=O)(=O)c2ccccc2)c(=O)n3-c2cccc(OC(F)F)c2)CCS(=O)(=O)CC1. The number of rotatable bonds is 7. The first-order valence-electron chi connectivity index (χ1n) is 12.5. The highest BCUT2D eigenvalue weighted by Gasteiger charge is 2.35. The van der Waals surface area contributed by atoms with Crippen LogP contribution in [0.25, 0.3) is 16.7 Å². The summed E-state index contributed by atoms with van der Waals surface area (Å²) < 4.78 is 82.9. The number of nitrogens with zero attached hydrogens (tertiary/aromatic N) is 2. The zero-order valence-corrected chi connectivity index (χ0v) is 23.3. The summed E-state index contributed by atoms with van der Waals surface area (Å²) >= 11 is 0. The molecule has 0 saturated carbocycles. The van der Waals surface area contributed by atoms with Gasteiger partial charge in [0.05, 0.1) is 33.1 Å². The molecule has 5 rings (SSSR count). The fourth-order valence-corrected chi connectivity index (χ4v) is 7.88. The average molecular weight is 606 g/mol. The van der Waals surface area contributed by atoms with Crippen LogP contribution in [0.15, 0.2) is 82.5 Å². The minimum absolute atomic E-state index is 0.0381. The third-order valence-corrected chi connectivity index (χ3v) is 10.3. The van der Waals surface area contributed by atoms with Gasteiger partial charge in [0.25, 0.3) is 15.9 Å². The van der Waals surface area contributed by atoms with Crippen molar-refractivity contribution in [3.63, 3.8) is 0 Å². The van der Waals surface area contributed by atoms with Gasteiger partial charge in [-0.3, -0.25) is 9.36 Å². The Morgan fingerprint density at radius 3 is 2.32 bits per heavy atom. The first kappa shape index (κ1) is 28.5. The maximum Gasteiger partial charge on any atom is 0.387 e. The van der Waals surface area contributed by atoms with Gasteiger partial charge >= 0.3 is 12.3 Å². The van der Waals surface area contributed by atoms with E-state index in [0.29, 0.717) is 3.97 Å². The van der Waals surface area contributed by atoms with Crippen LogP contribution in [0.1, 0.15) is 30.1 Å². The molecule has 1 saturated heterocycles. The number of nitrogens with one attached hydrogen (secondary N) is 1. The second kappa shape index (κ2) is 10.4. The zero-order valence-electron chi connectivity index (χ0n) is 21.7. The molecule has 0 atom stereocenters. The van der Waals surface area contributed by atoms with Gasteiger partial charge in [0.15, 0.2) is 0 Å². The average Bonchev–Trinajstić information content (AvgIpc) is 3.22. The van der Waals surface area contributed by atoms with E-state index < -0.39 is 43.6 Å². The van der Waals surface area contributed by atoms with Crippen LogP contribution in [-0.2, 0) is 19.9 Å². The van der Waals surface area contributed by atoms with E-state index in [1.165, 1.54) is 66.7 Å². The molecule has 14 heteroatoms. The largest absolute Gasteiger partial charge is 0.435 e. The van der Waals surface area contributed by atoms with Crippen molar-refractivity contribution in [2.75, 3.05) is 11.5 Å². The second-order valence-electron chi connectivity index (χ2n) is 9.95. The molecule has 41 heavy (non-hydrogen) atoms. The molecular formula is C27H25F2N3O7S2. The number of amides is 1. The van der Waals surface area contributed by atoms with Crippen LogP contribution in [0.4, 0.5) is 8.78 Å². The molecule has 1 aromatic heterocycles. The fraction of sp³-hybridized carbons (Fsp3) is 0.259. The number of imidazole rings is 1. The zero-order chi connectivity index (χ0) is 29.6. The molecule has 1 aliphatic rings. The highest BCUT2D eigenvalue weighted by atomic mass is 32.2. The van der Waals surface area contributed by atoms with E-state index in [0.717, 1.165) is 4.57 Å². The molecule has 0 unspecified atom stereocenters. The Bertz CT molecular complexity index is 1910. The number of halogens is 2. The first-order valence-corrected chi connectivity index (χ1v) is 15.7. The van der Waals surface area contributed by atoms with Crippen LogP contribution in [-0.4, -0.2) is 54.9 Å². The number of alkyl halides is 2. The third-order valence-electron chi connectivity index (χ3n) is 6.99. The Morgan fingerprint density at radius 2 is 1.66 bits per heavy atom. The van der Waals surface area contributed by atoms with Crippen LogP contribution in [0.5, 0.6) is 5.75 Å². The first-order chi connectivity index (χ1) is 19.3. The standard InChI is InChI=1S/C27H25F2N3O7S2/c1-27(12-14-40(35,36)15-13-27)30-24(33)18-10-11-22-23(16-18)32(41(37,38)21-8-3-2-4-9-21)26(34)31(22)19-6-5-7-20(17-19)39-25(28)29/h2-11,16-17,25H,12-15H2,1H3,(H,30,33). The summed E-state index contributed by atoms with van der Waals surface area (Å²) in [6.45, 7) is -1.38. The van der Waals surface area contributed by atoms with Crippen molar-refractivity contribution < 1.29 is 35.1 Å². The molecule has 1 amide bonds. The summed E-state index contributed by atoms with van der Waals surface area (Å²) in [7, 11) is -7.65. The molecule has 4 aromatic rings. The topological polar surface area (TPSA) is 134 Å². The molecule has 1 N–H and O–H groups in total. The van der Waals surface area contributed by atoms with Crippen molar-refractivity contribution in [3.8, 4) is 11.4 Å². The van der Waals surface area contributed by atoms with Crippen molar-refractivity contribution in [1.29, 1.82) is 0 Å². The second-order valence-corrected chi connectivity index (χ2v) is 14.0. The van der Waals surface area contributed by atoms with E-state index in [4.69, 9.17) is 0 Å². The van der Waals surface area contributed by atoms with Crippen molar-refractivity contribution >= 4 is 36.8 Å². The van der Waals surface area contributed by atoms with E-state index >= 15 is 0 Å². The van der Waals surface area contributed by atoms with Crippen LogP contribution in [0.2, 0.25) is 0 Å². The van der Waals surface area contributed by atoms with Gasteiger partial charge in [-0.15, -0.1) is 0 Å². The number of ether oxygens (including phenoxy) is 1. The van der Waals surface area contributed by atoms with Gasteiger partial charge in [-0.05, 0) is 62.2 Å². The van der Waals surface area contributed by atoms with Crippen molar-refractivity contribution in [1.82, 2.24) is 13.9 Å². The monoisotopic (exact) mass is 605 g/mol. The lowest BCUT2D eigenvalue weighted by Crippen LogP contribution is -2.50. The summed E-state index contributed by atoms with van der Waals surface area (Å²) in [6.07, 6.45) is 0.424. The van der Waals surface area contributed by atoms with Crippen molar-refractivity contribution in [2.24, 2.45) is 0 Å². The quantitative estimate of drug-likeness (QED) is 0.342. The summed E-state index contributed by atoms with van der Waals surface area (Å²) in [5, 5.41) is 2.85. The molecule has 216 valence electrons. The maximum absolute atomic E-state index is 13.8. The predicted octanol–water partition coefficient (Wildman–Crippen LogP) is 3.33. The Kier molecular flexibility index (Phi) is 7.24. The number of aromatic nitrogens is 2. The molecule has 1 aliphatic heterocycles. The normalized spacial score (nSPS) is 16.5. The third kappa shape index (κ3) is 5.61. The molecule has 0 aliphatic carbocycles. The summed E-state index contributed by atoms with van der Waals surface area (Å²) in [6, 6.07) is 16.5. The summed E-state index contributed by atoms with van der Waals surface area (Å²) in [4.78, 5) is 26.8. The number of hydrogen-bond donors (Lipinski definition) is 1. The van der Waals surface area contributed by atoms with Gasteiger partial charge < -0.3 is 10.1 Å². The van der Waals surface area contributed by atoms with Gasteiger partial charge in [-0.1, -0.05) is 24.3 Å². The number of benzene rings is 3. The van der Waals surface area contributed by atoms with Crippen LogP contribution in [0, 0.1) is 0 Å². The highest BCUT2D eigenvalue weighted by Crippen LogP contribution is 2.27. The number of hydrogen-bond acceptors (Lipinski definition) is 7. The van der Waals surface area contributed by atoms with Gasteiger partial charge in [-0.25, -0.2) is 21.6 Å². The van der Waals surface area contributed by atoms with Gasteiger partial charge in [-0.2, -0.15) is 12.8 Å². The van der Waals surface area contributed by atoms with E-state index in [1.54, 1.807) is 13.0 Å². The number of carbonyl (C=O) groups excluding carboxylic acids is 1. The fourth-order valence-electron chi connectivity index (χ4n) is 4.75. The van der Waals surface area contributed by atoms with Crippen LogP contribution >= 0.6 is 0 Å². The maximum atomic E-state index is 13.8. The lowest BCUT2D eigenvalue weighted by atomic mass is 9.94. The van der Waals surface area contributed by atoms with Crippen molar-refractivity contribution in [3.05, 3.63) is 88.8 Å². The highest BCUT2D eigenvalue weighted by molar-refractivity contribution is 7.91. The van der Waals surface area contributed by atoms with Gasteiger partial charge in [0, 0.05) is 17.2 Å². The van der Waals surface area contributed by atoms with E-state index in [1.807, 2.05) is 0 Å². The predicted molar refractivity (Wildman–Crippen MR) is 147 cm³/mol. The molecule has 10 nitrogen and oxygen atoms in total. The van der Waals surface area contributed by atoms with E-state index in [-0.39, 0.29) is 57.3 Å². The summed E-state index contributed by atoms with van der Waals surface area (Å²) in [5.41, 5.74) is -1.74. The lowest BCUT2D eigenvalue weighted by molar-refractivity contribution is -0.0498. The van der Waals surface area contributed by atoms with Gasteiger partial charge in [0.2, 0.25) is 0 Å². The number of carbonyl (C=O) groups is 1. The smallest absolute Gasteiger partial charge is 0.387 e. The lowest BCUT2D eigenvalue weighted by Gasteiger charge is -2.34. The van der Waals surface area contributed by atoms with Gasteiger partial charge in [0.1, 0.15) is 15.6 Å². The Labute approximate surface area is 234 Å². The number of fused-ring (bicyclic) bond motifs is 1. The Morgan fingerprint density at radius 1 is 0.976 bits per heavy atom. The van der Waals surface area contributed by atoms with E-state index in [9.17, 15) is 35.2 Å². The van der Waals surface area contributed by atoms with E-state index in [2.05, 4.69) is 10.1 Å². The Hall–Kier alpha value is -4.04. The van der Waals surface area contributed by atoms with Crippen molar-refractivity contribution in [2.45, 2.75) is 36.8 Å². The minimum Gasteiger partial charge on any atom is -0.435 e. The van der Waals surface area contributed by atoms with Crippen LogP contribution in [0.3, 0.4) is 0 Å². The molecular weight excluding hydrogens is 580 g/mol. The Balaban J connectivity index is 1.66. The molecule has 0 spiro atoms. The molecule has 1 fully saturated rings. The molecule has 2 heterocycles.